The molecule has 94 valence electrons. The molecule has 2 nitrogen and oxygen atoms in total. The second kappa shape index (κ2) is 7.44. The number of alkyl halides is 1. The van der Waals surface area contributed by atoms with E-state index in [2.05, 4.69) is 13.8 Å². The van der Waals surface area contributed by atoms with Crippen LogP contribution in [0.1, 0.15) is 33.1 Å². The number of halogens is 1. The van der Waals surface area contributed by atoms with Crippen molar-refractivity contribution in [2.45, 2.75) is 39.2 Å². The number of hydrogen-bond acceptors (Lipinski definition) is 2. The first kappa shape index (κ1) is 14.2. The van der Waals surface area contributed by atoms with E-state index in [1.165, 1.54) is 24.3 Å². The van der Waals surface area contributed by atoms with Gasteiger partial charge in [-0.25, -0.2) is 0 Å². The van der Waals surface area contributed by atoms with E-state index < -0.39 is 0 Å². The highest BCUT2D eigenvalue weighted by molar-refractivity contribution is 7.99. The summed E-state index contributed by atoms with van der Waals surface area (Å²) in [5, 5.41) is 0. The molecule has 4 heteroatoms. The maximum Gasteiger partial charge on any atom is 0.223 e. The molecule has 1 aliphatic heterocycles. The van der Waals surface area contributed by atoms with Gasteiger partial charge in [-0.05, 0) is 44.1 Å². The van der Waals surface area contributed by atoms with Crippen molar-refractivity contribution >= 4 is 29.3 Å². The number of nitrogens with zero attached hydrogens (tertiary/aromatic N) is 1. The van der Waals surface area contributed by atoms with Crippen LogP contribution in [0.4, 0.5) is 0 Å². The molecular formula is C12H22ClNOS. The number of thioether (sulfide) groups is 1. The van der Waals surface area contributed by atoms with Crippen LogP contribution in [0.2, 0.25) is 0 Å². The molecule has 0 atom stereocenters. The molecule has 0 bridgehead atoms. The van der Waals surface area contributed by atoms with Gasteiger partial charge in [0.2, 0.25) is 5.91 Å². The van der Waals surface area contributed by atoms with Gasteiger partial charge >= 0.3 is 0 Å². The summed E-state index contributed by atoms with van der Waals surface area (Å²) >= 11 is 7.73. The molecule has 0 aromatic carbocycles. The second-order valence-electron chi connectivity index (χ2n) is 4.63. The van der Waals surface area contributed by atoms with E-state index in [9.17, 15) is 4.79 Å². The molecular weight excluding hydrogens is 242 g/mol. The van der Waals surface area contributed by atoms with E-state index in [1.807, 2.05) is 16.7 Å². The minimum absolute atomic E-state index is 0.268. The quantitative estimate of drug-likeness (QED) is 0.711. The van der Waals surface area contributed by atoms with Gasteiger partial charge in [-0.3, -0.25) is 4.79 Å². The van der Waals surface area contributed by atoms with Crippen LogP contribution in [0.25, 0.3) is 0 Å². The van der Waals surface area contributed by atoms with Gasteiger partial charge in [0, 0.05) is 24.9 Å². The Labute approximate surface area is 108 Å². The summed E-state index contributed by atoms with van der Waals surface area (Å²) in [5.74, 6) is 3.85. The molecule has 1 saturated heterocycles. The Morgan fingerprint density at radius 2 is 2.06 bits per heavy atom. The van der Waals surface area contributed by atoms with Crippen LogP contribution in [0, 0.1) is 5.92 Å². The average Bonchev–Trinajstić information content (AvgIpc) is 2.26. The summed E-state index contributed by atoms with van der Waals surface area (Å²) in [5.41, 5.74) is 0. The first-order valence-electron chi connectivity index (χ1n) is 6.08. The molecule has 0 aromatic rings. The largest absolute Gasteiger partial charge is 0.339 e. The highest BCUT2D eigenvalue weighted by Gasteiger charge is 2.22. The molecule has 0 saturated carbocycles. The van der Waals surface area contributed by atoms with Gasteiger partial charge in [0.15, 0.2) is 0 Å². The predicted octanol–water partition coefficient (Wildman–Crippen LogP) is 3.00. The van der Waals surface area contributed by atoms with E-state index in [4.69, 9.17) is 11.6 Å². The lowest BCUT2D eigenvalue weighted by Crippen LogP contribution is -2.39. The van der Waals surface area contributed by atoms with Crippen LogP contribution in [0.5, 0.6) is 0 Å². The summed E-state index contributed by atoms with van der Waals surface area (Å²) in [4.78, 5) is 14.0. The third-order valence-corrected chi connectivity index (χ3v) is 4.29. The number of rotatable bonds is 5. The molecule has 1 aliphatic rings. The Kier molecular flexibility index (Phi) is 6.59. The summed E-state index contributed by atoms with van der Waals surface area (Å²) in [6.45, 7) is 4.79. The Morgan fingerprint density at radius 3 is 2.56 bits per heavy atom. The molecule has 0 aliphatic carbocycles. The molecule has 0 aromatic heterocycles. The standard InChI is InChI=1S/C12H22ClNOS/c1-10(2)14(6-5-13)12(15)9-11-3-7-16-8-4-11/h10-11H,3-9H2,1-2H3. The first-order valence-corrected chi connectivity index (χ1v) is 7.77. The molecule has 0 N–H and O–H groups in total. The Balaban J connectivity index is 2.40. The van der Waals surface area contributed by atoms with Crippen molar-refractivity contribution in [1.29, 1.82) is 0 Å². The lowest BCUT2D eigenvalue weighted by molar-refractivity contribution is -0.133. The molecule has 0 radical (unpaired) electrons. The van der Waals surface area contributed by atoms with Crippen molar-refractivity contribution in [2.24, 2.45) is 5.92 Å². The Bertz CT molecular complexity index is 217. The van der Waals surface area contributed by atoms with Gasteiger partial charge in [0.25, 0.3) is 0 Å². The number of carbonyl (C=O) groups excluding carboxylic acids is 1. The van der Waals surface area contributed by atoms with Gasteiger partial charge in [-0.15, -0.1) is 11.6 Å². The van der Waals surface area contributed by atoms with Crippen LogP contribution in [-0.2, 0) is 4.79 Å². The third kappa shape index (κ3) is 4.54. The SMILES string of the molecule is CC(C)N(CCCl)C(=O)CC1CCSCC1. The average molecular weight is 264 g/mol. The normalized spacial score (nSPS) is 17.8. The van der Waals surface area contributed by atoms with Gasteiger partial charge in [-0.2, -0.15) is 11.8 Å². The number of hydrogen-bond donors (Lipinski definition) is 0. The fourth-order valence-corrected chi connectivity index (χ4v) is 3.46. The highest BCUT2D eigenvalue weighted by atomic mass is 35.5. The van der Waals surface area contributed by atoms with E-state index in [0.717, 1.165) is 6.42 Å². The summed E-state index contributed by atoms with van der Waals surface area (Å²) in [6.07, 6.45) is 3.11. The van der Waals surface area contributed by atoms with Gasteiger partial charge in [-0.1, -0.05) is 0 Å². The van der Waals surface area contributed by atoms with Crippen LogP contribution >= 0.6 is 23.4 Å². The van der Waals surface area contributed by atoms with E-state index in [1.54, 1.807) is 0 Å². The maximum atomic E-state index is 12.1. The summed E-state index contributed by atoms with van der Waals surface area (Å²) in [7, 11) is 0. The minimum atomic E-state index is 0.268. The lowest BCUT2D eigenvalue weighted by Gasteiger charge is -2.29. The van der Waals surface area contributed by atoms with E-state index in [-0.39, 0.29) is 11.9 Å². The zero-order valence-corrected chi connectivity index (χ0v) is 11.8. The number of amides is 1. The van der Waals surface area contributed by atoms with Crippen LogP contribution < -0.4 is 0 Å². The summed E-state index contributed by atoms with van der Waals surface area (Å²) in [6, 6.07) is 0.268. The molecule has 1 amide bonds. The minimum Gasteiger partial charge on any atom is -0.339 e. The second-order valence-corrected chi connectivity index (χ2v) is 6.23. The molecule has 0 spiro atoms. The predicted molar refractivity (Wildman–Crippen MR) is 72.2 cm³/mol. The zero-order chi connectivity index (χ0) is 12.0. The summed E-state index contributed by atoms with van der Waals surface area (Å²) < 4.78 is 0. The first-order chi connectivity index (χ1) is 7.65. The fourth-order valence-electron chi connectivity index (χ4n) is 2.08. The third-order valence-electron chi connectivity index (χ3n) is 3.07. The van der Waals surface area contributed by atoms with E-state index >= 15 is 0 Å². The van der Waals surface area contributed by atoms with E-state index in [0.29, 0.717) is 18.3 Å². The van der Waals surface area contributed by atoms with Crippen LogP contribution in [-0.4, -0.2) is 40.8 Å². The molecule has 0 unspecified atom stereocenters. The van der Waals surface area contributed by atoms with Gasteiger partial charge in [0.1, 0.15) is 0 Å². The monoisotopic (exact) mass is 263 g/mol. The van der Waals surface area contributed by atoms with Crippen LogP contribution in [0.3, 0.4) is 0 Å². The van der Waals surface area contributed by atoms with Gasteiger partial charge in [0.05, 0.1) is 0 Å². The number of carbonyl (C=O) groups is 1. The van der Waals surface area contributed by atoms with Crippen molar-refractivity contribution < 1.29 is 4.79 Å². The smallest absolute Gasteiger partial charge is 0.223 e. The molecule has 1 heterocycles. The lowest BCUT2D eigenvalue weighted by atomic mass is 9.98. The van der Waals surface area contributed by atoms with Crippen molar-refractivity contribution in [2.75, 3.05) is 23.9 Å². The van der Waals surface area contributed by atoms with Crippen molar-refractivity contribution in [3.8, 4) is 0 Å². The maximum absolute atomic E-state index is 12.1. The molecule has 1 rings (SSSR count). The van der Waals surface area contributed by atoms with Gasteiger partial charge < -0.3 is 4.90 Å². The van der Waals surface area contributed by atoms with Crippen molar-refractivity contribution in [3.63, 3.8) is 0 Å². The zero-order valence-electron chi connectivity index (χ0n) is 10.2. The van der Waals surface area contributed by atoms with Crippen molar-refractivity contribution in [1.82, 2.24) is 4.90 Å². The molecule has 1 fully saturated rings. The van der Waals surface area contributed by atoms with Crippen molar-refractivity contribution in [3.05, 3.63) is 0 Å². The van der Waals surface area contributed by atoms with Crippen LogP contribution in [0.15, 0.2) is 0 Å². The topological polar surface area (TPSA) is 20.3 Å². The highest BCUT2D eigenvalue weighted by Crippen LogP contribution is 2.26. The fraction of sp³-hybridized carbons (Fsp3) is 0.917. The molecule has 16 heavy (non-hydrogen) atoms. The Morgan fingerprint density at radius 1 is 1.44 bits per heavy atom. The Hall–Kier alpha value is 0.110.